The van der Waals surface area contributed by atoms with Crippen LogP contribution in [0.2, 0.25) is 0 Å². The number of piperidine rings is 4. The molecule has 0 aliphatic carbocycles. The molecule has 12 heteroatoms. The molecule has 364 valence electrons. The zero-order valence-corrected chi connectivity index (χ0v) is 39.8. The topological polar surface area (TPSA) is 153 Å². The van der Waals surface area contributed by atoms with Crippen molar-refractivity contribution in [3.63, 3.8) is 0 Å². The van der Waals surface area contributed by atoms with Gasteiger partial charge in [0.1, 0.15) is 24.2 Å². The predicted molar refractivity (Wildman–Crippen MR) is 269 cm³/mol. The molecule has 2 bridgehead atoms. The van der Waals surface area contributed by atoms with Crippen molar-refractivity contribution in [3.8, 4) is 11.5 Å². The van der Waals surface area contributed by atoms with Crippen molar-refractivity contribution in [3.05, 3.63) is 177 Å². The first-order valence-electron chi connectivity index (χ1n) is 25.0. The van der Waals surface area contributed by atoms with Crippen molar-refractivity contribution in [2.45, 2.75) is 95.0 Å². The van der Waals surface area contributed by atoms with E-state index in [1.807, 2.05) is 119 Å². The Bertz CT molecular complexity index is 2780. The van der Waals surface area contributed by atoms with Crippen LogP contribution in [-0.2, 0) is 50.5 Å². The number of aromatic amines is 1. The van der Waals surface area contributed by atoms with Crippen LogP contribution in [-0.4, -0.2) is 93.1 Å². The van der Waals surface area contributed by atoms with Crippen LogP contribution >= 0.6 is 0 Å². The fraction of sp³-hybridized carbons (Fsp3) is 0.379. The van der Waals surface area contributed by atoms with Crippen molar-refractivity contribution in [2.75, 3.05) is 39.3 Å². The average Bonchev–Trinajstić information content (AvgIpc) is 3.39. The number of amides is 2. The molecular weight excluding hydrogens is 881 g/mol. The predicted octanol–water partition coefficient (Wildman–Crippen LogP) is 8.42. The Morgan fingerprint density at radius 2 is 1.44 bits per heavy atom. The molecule has 4 fully saturated rings. The fourth-order valence-electron chi connectivity index (χ4n) is 10.7. The van der Waals surface area contributed by atoms with Gasteiger partial charge in [0.2, 0.25) is 17.4 Å². The number of aromatic nitrogens is 1. The number of aliphatic hydroxyl groups is 1. The molecule has 6 aromatic rings. The summed E-state index contributed by atoms with van der Waals surface area (Å²) in [4.78, 5) is 62.8. The Morgan fingerprint density at radius 3 is 2.16 bits per heavy atom. The van der Waals surface area contributed by atoms with Gasteiger partial charge in [0, 0.05) is 44.2 Å². The van der Waals surface area contributed by atoms with E-state index in [-0.39, 0.29) is 48.0 Å². The number of fused-ring (bicyclic) bond motifs is 4. The molecule has 4 aliphatic heterocycles. The SMILES string of the molecule is O=C(Cc1ccc(CC(=O)N(CCCCC[C@H](O)c2ccc(O)c3[nH]c(=O)ccc23)Cc2cccc(OCc3ccccc3)c2)cc1)N1CCC(C(=O)O[C@H]2CN3CCC2CC3)(c2ccccc2)CC1. The van der Waals surface area contributed by atoms with Gasteiger partial charge in [-0.05, 0) is 115 Å². The molecule has 10 rings (SSSR count). The van der Waals surface area contributed by atoms with Gasteiger partial charge in [0.15, 0.2) is 0 Å². The molecule has 4 aliphatic rings. The summed E-state index contributed by atoms with van der Waals surface area (Å²) in [7, 11) is 0. The Morgan fingerprint density at radius 1 is 0.743 bits per heavy atom. The number of nitrogens with zero attached hydrogens (tertiary/aromatic N) is 3. The van der Waals surface area contributed by atoms with E-state index in [0.29, 0.717) is 80.9 Å². The number of ether oxygens (including phenoxy) is 2. The Balaban J connectivity index is 0.807. The minimum atomic E-state index is -0.794. The second kappa shape index (κ2) is 22.3. The van der Waals surface area contributed by atoms with E-state index in [0.717, 1.165) is 78.9 Å². The molecule has 1 aromatic heterocycles. The largest absolute Gasteiger partial charge is 0.506 e. The van der Waals surface area contributed by atoms with Gasteiger partial charge in [-0.1, -0.05) is 116 Å². The molecule has 12 nitrogen and oxygen atoms in total. The molecule has 70 heavy (non-hydrogen) atoms. The molecule has 5 aromatic carbocycles. The van der Waals surface area contributed by atoms with Crippen molar-refractivity contribution in [1.29, 1.82) is 0 Å². The van der Waals surface area contributed by atoms with Gasteiger partial charge in [0.25, 0.3) is 0 Å². The van der Waals surface area contributed by atoms with Gasteiger partial charge in [0.05, 0.1) is 29.9 Å². The maximum absolute atomic E-state index is 14.2. The van der Waals surface area contributed by atoms with Crippen LogP contribution in [0.3, 0.4) is 0 Å². The number of aliphatic hydroxyl groups excluding tert-OH is 1. The van der Waals surface area contributed by atoms with Crippen LogP contribution in [0, 0.1) is 5.92 Å². The highest BCUT2D eigenvalue weighted by atomic mass is 16.5. The number of phenolic OH excluding ortho intramolecular Hbond substituents is 1. The summed E-state index contributed by atoms with van der Waals surface area (Å²) in [6, 6.07) is 41.7. The average molecular weight is 945 g/mol. The number of carbonyl (C=O) groups excluding carboxylic acids is 3. The standard InChI is InChI=1S/C58H64N4O8/c63-50(48-22-24-51(64)56-49(48)23-25-53(65)59-56)17-8-3-9-30-62(38-44-13-10-16-47(35-44)69-40-43-11-4-1-5-12-43)55(67)37-42-20-18-41(19-21-42)36-54(66)61-33-28-58(29-34-61,46-14-6-2-7-15-46)57(68)70-52-39-60-31-26-45(52)27-32-60/h1-2,4-7,10-16,18-25,35,45,50,52,63-64H,3,8-9,17,26-34,36-40H2,(H,59,65)/t50-,52-/m0/s1. The second-order valence-electron chi connectivity index (χ2n) is 19.5. The third-order valence-corrected chi connectivity index (χ3v) is 14.8. The number of hydrogen-bond acceptors (Lipinski definition) is 9. The molecule has 5 heterocycles. The summed E-state index contributed by atoms with van der Waals surface area (Å²) >= 11 is 0. The van der Waals surface area contributed by atoms with Gasteiger partial charge >= 0.3 is 5.97 Å². The molecule has 0 saturated carbocycles. The zero-order valence-electron chi connectivity index (χ0n) is 39.8. The van der Waals surface area contributed by atoms with E-state index in [2.05, 4.69) is 9.88 Å². The highest BCUT2D eigenvalue weighted by Crippen LogP contribution is 2.40. The number of phenols is 1. The third-order valence-electron chi connectivity index (χ3n) is 14.8. The second-order valence-corrected chi connectivity index (χ2v) is 19.5. The van der Waals surface area contributed by atoms with Gasteiger partial charge in [-0.25, -0.2) is 0 Å². The number of H-pyrrole nitrogens is 1. The number of aromatic hydroxyl groups is 1. The quantitative estimate of drug-likeness (QED) is 0.0537. The van der Waals surface area contributed by atoms with Crippen LogP contribution in [0.25, 0.3) is 10.9 Å². The lowest BCUT2D eigenvalue weighted by Crippen LogP contribution is -2.55. The number of benzene rings is 5. The van der Waals surface area contributed by atoms with Crippen LogP contribution in [0.1, 0.15) is 90.9 Å². The number of unbranched alkanes of at least 4 members (excludes halogenated alkanes) is 2. The number of nitrogens with one attached hydrogen (secondary N) is 1. The van der Waals surface area contributed by atoms with Gasteiger partial charge in [-0.15, -0.1) is 0 Å². The van der Waals surface area contributed by atoms with E-state index in [9.17, 15) is 29.4 Å². The van der Waals surface area contributed by atoms with E-state index in [1.54, 1.807) is 12.1 Å². The highest BCUT2D eigenvalue weighted by molar-refractivity contribution is 5.87. The van der Waals surface area contributed by atoms with Gasteiger partial charge < -0.3 is 34.5 Å². The smallest absolute Gasteiger partial charge is 0.317 e. The van der Waals surface area contributed by atoms with Crippen molar-refractivity contribution >= 4 is 28.7 Å². The molecule has 0 radical (unpaired) electrons. The van der Waals surface area contributed by atoms with E-state index in [4.69, 9.17) is 9.47 Å². The van der Waals surface area contributed by atoms with Gasteiger partial charge in [-0.2, -0.15) is 0 Å². The summed E-state index contributed by atoms with van der Waals surface area (Å²) in [6.45, 7) is 5.23. The normalized spacial score (nSPS) is 18.8. The zero-order chi connectivity index (χ0) is 48.5. The Hall–Kier alpha value is -6.76. The number of esters is 1. The molecule has 2 atom stereocenters. The van der Waals surface area contributed by atoms with E-state index >= 15 is 0 Å². The maximum Gasteiger partial charge on any atom is 0.317 e. The molecule has 2 amide bonds. The van der Waals surface area contributed by atoms with Crippen molar-refractivity contribution in [1.82, 2.24) is 19.7 Å². The third kappa shape index (κ3) is 11.6. The van der Waals surface area contributed by atoms with Crippen LogP contribution in [0.5, 0.6) is 11.5 Å². The van der Waals surface area contributed by atoms with Crippen molar-refractivity contribution in [2.24, 2.45) is 5.92 Å². The summed E-state index contributed by atoms with van der Waals surface area (Å²) in [5.41, 5.74) is 4.51. The fourth-order valence-corrected chi connectivity index (χ4v) is 10.7. The van der Waals surface area contributed by atoms with Crippen LogP contribution < -0.4 is 10.3 Å². The number of rotatable bonds is 19. The minimum Gasteiger partial charge on any atom is -0.506 e. The van der Waals surface area contributed by atoms with Crippen LogP contribution in [0.4, 0.5) is 0 Å². The lowest BCUT2D eigenvalue weighted by atomic mass is 9.72. The summed E-state index contributed by atoms with van der Waals surface area (Å²) < 4.78 is 12.5. The molecule has 0 unspecified atom stereocenters. The summed E-state index contributed by atoms with van der Waals surface area (Å²) in [5, 5.41) is 22.1. The minimum absolute atomic E-state index is 0.0117. The number of likely N-dealkylation sites (tertiary alicyclic amines) is 1. The lowest BCUT2D eigenvalue weighted by molar-refractivity contribution is -0.168. The molecule has 3 N–H and O–H groups in total. The first kappa shape index (κ1) is 48.3. The number of hydrogen-bond donors (Lipinski definition) is 3. The highest BCUT2D eigenvalue weighted by Gasteiger charge is 2.47. The molecule has 4 saturated heterocycles. The lowest BCUT2D eigenvalue weighted by Gasteiger charge is -2.46. The Kier molecular flexibility index (Phi) is 15.4. The van der Waals surface area contributed by atoms with E-state index in [1.165, 1.54) is 12.1 Å². The summed E-state index contributed by atoms with van der Waals surface area (Å²) in [5.74, 6) is 0.922. The van der Waals surface area contributed by atoms with Gasteiger partial charge in [-0.3, -0.25) is 24.1 Å². The monoisotopic (exact) mass is 944 g/mol. The van der Waals surface area contributed by atoms with Crippen LogP contribution in [0.15, 0.2) is 138 Å². The van der Waals surface area contributed by atoms with E-state index < -0.39 is 11.5 Å². The first-order valence-corrected chi connectivity index (χ1v) is 25.0. The molecular formula is C58H64N4O8. The maximum atomic E-state index is 14.2. The number of carbonyl (C=O) groups is 3. The first-order chi connectivity index (χ1) is 34.1. The number of pyridine rings is 1. The Labute approximate surface area is 409 Å². The van der Waals surface area contributed by atoms with Crippen molar-refractivity contribution < 1.29 is 34.1 Å². The summed E-state index contributed by atoms with van der Waals surface area (Å²) in [6.07, 6.45) is 5.37. The molecule has 0 spiro atoms.